The fraction of sp³-hybridized carbons (Fsp3) is 0.692. The lowest BCUT2D eigenvalue weighted by atomic mass is 10.2. The lowest BCUT2D eigenvalue weighted by molar-refractivity contribution is 0.116. The Kier molecular flexibility index (Phi) is 4.75. The van der Waals surface area contributed by atoms with Crippen molar-refractivity contribution in [2.45, 2.75) is 32.3 Å². The highest BCUT2D eigenvalue weighted by atomic mass is 16.5. The molecule has 1 fully saturated rings. The maximum absolute atomic E-state index is 5.63. The fourth-order valence-electron chi connectivity index (χ4n) is 2.07. The molecule has 0 spiro atoms. The lowest BCUT2D eigenvalue weighted by Gasteiger charge is -2.21. The molecule has 1 atom stereocenters. The van der Waals surface area contributed by atoms with Gasteiger partial charge in [-0.25, -0.2) is 4.98 Å². The van der Waals surface area contributed by atoms with Crippen LogP contribution in [0.25, 0.3) is 0 Å². The summed E-state index contributed by atoms with van der Waals surface area (Å²) in [7, 11) is 2.04. The first-order valence-corrected chi connectivity index (χ1v) is 6.68. The zero-order valence-electron chi connectivity index (χ0n) is 11.2. The molecule has 1 saturated heterocycles. The van der Waals surface area contributed by atoms with Crippen molar-refractivity contribution in [3.63, 3.8) is 0 Å². The summed E-state index contributed by atoms with van der Waals surface area (Å²) >= 11 is 0. The molecule has 1 aliphatic rings. The van der Waals surface area contributed by atoms with Gasteiger partial charge in [-0.05, 0) is 19.3 Å². The van der Waals surface area contributed by atoms with Crippen LogP contribution in [-0.4, -0.2) is 42.8 Å². The van der Waals surface area contributed by atoms with E-state index in [4.69, 9.17) is 4.74 Å². The molecule has 0 amide bonds. The van der Waals surface area contributed by atoms with Crippen molar-refractivity contribution in [2.75, 3.05) is 37.0 Å². The molecule has 1 aromatic heterocycles. The fourth-order valence-corrected chi connectivity index (χ4v) is 2.07. The van der Waals surface area contributed by atoms with Crippen molar-refractivity contribution in [1.29, 1.82) is 0 Å². The van der Waals surface area contributed by atoms with Gasteiger partial charge in [0.1, 0.15) is 11.6 Å². The number of aromatic nitrogens is 2. The third-order valence-electron chi connectivity index (χ3n) is 3.07. The lowest BCUT2D eigenvalue weighted by Crippen LogP contribution is -2.29. The molecule has 1 unspecified atom stereocenters. The van der Waals surface area contributed by atoms with E-state index in [9.17, 15) is 0 Å². The molecule has 1 N–H and O–H groups in total. The molecular weight excluding hydrogens is 228 g/mol. The number of ether oxygens (including phenoxy) is 1. The van der Waals surface area contributed by atoms with Gasteiger partial charge in [-0.3, -0.25) is 4.98 Å². The Hall–Kier alpha value is -1.36. The van der Waals surface area contributed by atoms with Crippen molar-refractivity contribution >= 4 is 11.6 Å². The minimum Gasteiger partial charge on any atom is -0.376 e. The van der Waals surface area contributed by atoms with Crippen LogP contribution in [0.1, 0.15) is 26.2 Å². The summed E-state index contributed by atoms with van der Waals surface area (Å²) in [6, 6.07) is 0. The minimum atomic E-state index is 0.337. The van der Waals surface area contributed by atoms with Crippen LogP contribution in [0.3, 0.4) is 0 Å². The van der Waals surface area contributed by atoms with Crippen LogP contribution in [0.5, 0.6) is 0 Å². The van der Waals surface area contributed by atoms with Crippen molar-refractivity contribution in [1.82, 2.24) is 9.97 Å². The van der Waals surface area contributed by atoms with Gasteiger partial charge < -0.3 is 15.0 Å². The maximum Gasteiger partial charge on any atom is 0.149 e. The van der Waals surface area contributed by atoms with E-state index in [1.165, 1.54) is 6.42 Å². The number of anilines is 2. The second-order valence-electron chi connectivity index (χ2n) is 4.70. The predicted molar refractivity (Wildman–Crippen MR) is 73.1 cm³/mol. The number of hydrogen-bond donors (Lipinski definition) is 1. The number of rotatable bonds is 6. The van der Waals surface area contributed by atoms with Gasteiger partial charge >= 0.3 is 0 Å². The Labute approximate surface area is 109 Å². The van der Waals surface area contributed by atoms with E-state index in [0.717, 1.165) is 44.2 Å². The first-order valence-electron chi connectivity index (χ1n) is 6.68. The van der Waals surface area contributed by atoms with E-state index in [0.29, 0.717) is 6.10 Å². The van der Waals surface area contributed by atoms with Gasteiger partial charge in [0.25, 0.3) is 0 Å². The molecule has 0 bridgehead atoms. The molecule has 18 heavy (non-hydrogen) atoms. The predicted octanol–water partition coefficient (Wildman–Crippen LogP) is 1.91. The first-order chi connectivity index (χ1) is 8.79. The van der Waals surface area contributed by atoms with Gasteiger partial charge in [0.2, 0.25) is 0 Å². The van der Waals surface area contributed by atoms with Crippen molar-refractivity contribution in [3.05, 3.63) is 12.4 Å². The zero-order chi connectivity index (χ0) is 12.8. The van der Waals surface area contributed by atoms with E-state index >= 15 is 0 Å². The molecule has 100 valence electrons. The highest BCUT2D eigenvalue weighted by Gasteiger charge is 2.18. The van der Waals surface area contributed by atoms with Crippen LogP contribution in [-0.2, 0) is 4.74 Å². The first kappa shape index (κ1) is 13.1. The summed E-state index contributed by atoms with van der Waals surface area (Å²) in [5.41, 5.74) is 0. The smallest absolute Gasteiger partial charge is 0.149 e. The van der Waals surface area contributed by atoms with Crippen LogP contribution >= 0.6 is 0 Å². The third-order valence-corrected chi connectivity index (χ3v) is 3.07. The van der Waals surface area contributed by atoms with Crippen LogP contribution in [0.2, 0.25) is 0 Å². The standard InChI is InChI=1S/C13H22N4O/c1-3-6-15-12-8-14-9-13(16-12)17(2)10-11-5-4-7-18-11/h8-9,11H,3-7,10H2,1-2H3,(H,15,16). The van der Waals surface area contributed by atoms with E-state index in [1.54, 1.807) is 12.4 Å². The minimum absolute atomic E-state index is 0.337. The van der Waals surface area contributed by atoms with Gasteiger partial charge in [-0.15, -0.1) is 0 Å². The molecule has 1 aromatic rings. The normalized spacial score (nSPS) is 18.9. The van der Waals surface area contributed by atoms with Crippen LogP contribution in [0.15, 0.2) is 12.4 Å². The SMILES string of the molecule is CCCNc1cncc(N(C)CC2CCCO2)n1. The van der Waals surface area contributed by atoms with Crippen LogP contribution in [0.4, 0.5) is 11.6 Å². The Morgan fingerprint density at radius 2 is 2.39 bits per heavy atom. The monoisotopic (exact) mass is 250 g/mol. The van der Waals surface area contributed by atoms with E-state index < -0.39 is 0 Å². The largest absolute Gasteiger partial charge is 0.376 e. The Morgan fingerprint density at radius 3 is 3.11 bits per heavy atom. The summed E-state index contributed by atoms with van der Waals surface area (Å²) in [5.74, 6) is 1.74. The van der Waals surface area contributed by atoms with Crippen molar-refractivity contribution in [3.8, 4) is 0 Å². The summed E-state index contributed by atoms with van der Waals surface area (Å²) in [4.78, 5) is 10.9. The van der Waals surface area contributed by atoms with Gasteiger partial charge in [-0.1, -0.05) is 6.92 Å². The second-order valence-corrected chi connectivity index (χ2v) is 4.70. The second kappa shape index (κ2) is 6.54. The van der Waals surface area contributed by atoms with Crippen LogP contribution < -0.4 is 10.2 Å². The number of hydrogen-bond acceptors (Lipinski definition) is 5. The Balaban J connectivity index is 1.93. The molecule has 5 heteroatoms. The Bertz CT molecular complexity index is 366. The third kappa shape index (κ3) is 3.57. The van der Waals surface area contributed by atoms with E-state index in [-0.39, 0.29) is 0 Å². The highest BCUT2D eigenvalue weighted by molar-refractivity contribution is 5.43. The number of nitrogens with one attached hydrogen (secondary N) is 1. The van der Waals surface area contributed by atoms with Gasteiger partial charge in [0, 0.05) is 26.7 Å². The molecule has 0 saturated carbocycles. The summed E-state index contributed by atoms with van der Waals surface area (Å²) in [5, 5.41) is 3.25. The molecule has 2 rings (SSSR count). The van der Waals surface area contributed by atoms with Crippen LogP contribution in [0, 0.1) is 0 Å². The van der Waals surface area contributed by atoms with E-state index in [2.05, 4.69) is 27.1 Å². The van der Waals surface area contributed by atoms with Gasteiger partial charge in [-0.2, -0.15) is 0 Å². The molecule has 0 aliphatic carbocycles. The molecule has 1 aliphatic heterocycles. The van der Waals surface area contributed by atoms with Gasteiger partial charge in [0.15, 0.2) is 0 Å². The van der Waals surface area contributed by atoms with Crippen molar-refractivity contribution in [2.24, 2.45) is 0 Å². The average molecular weight is 250 g/mol. The number of likely N-dealkylation sites (N-methyl/N-ethyl adjacent to an activating group) is 1. The molecule has 5 nitrogen and oxygen atoms in total. The summed E-state index contributed by atoms with van der Waals surface area (Å²) in [6.45, 7) is 4.83. The molecular formula is C13H22N4O. The topological polar surface area (TPSA) is 50.3 Å². The summed E-state index contributed by atoms with van der Waals surface area (Å²) < 4.78 is 5.63. The molecule has 0 radical (unpaired) electrons. The van der Waals surface area contributed by atoms with E-state index in [1.807, 2.05) is 7.05 Å². The van der Waals surface area contributed by atoms with Gasteiger partial charge in [0.05, 0.1) is 18.5 Å². The molecule has 2 heterocycles. The number of nitrogens with zero attached hydrogens (tertiary/aromatic N) is 3. The highest BCUT2D eigenvalue weighted by Crippen LogP contribution is 2.16. The Morgan fingerprint density at radius 1 is 1.50 bits per heavy atom. The molecule has 0 aromatic carbocycles. The van der Waals surface area contributed by atoms with Crippen molar-refractivity contribution < 1.29 is 4.74 Å². The summed E-state index contributed by atoms with van der Waals surface area (Å²) in [6.07, 6.45) is 7.29. The maximum atomic E-state index is 5.63. The average Bonchev–Trinajstić information content (AvgIpc) is 2.89. The quantitative estimate of drug-likeness (QED) is 0.836. The zero-order valence-corrected chi connectivity index (χ0v) is 11.2.